The number of aromatic amines is 4. The molecule has 0 amide bonds. The highest BCUT2D eigenvalue weighted by Gasteiger charge is 2.19. The molecule has 0 saturated heterocycles. The topological polar surface area (TPSA) is 110 Å². The van der Waals surface area contributed by atoms with Gasteiger partial charge in [0.25, 0.3) is 0 Å². The number of benzene rings is 1. The average Bonchev–Trinajstić information content (AvgIpc) is 3.40. The minimum Gasteiger partial charge on any atom is -0.305 e. The van der Waals surface area contributed by atoms with E-state index >= 15 is 0 Å². The van der Waals surface area contributed by atoms with Gasteiger partial charge in [-0.15, -0.1) is 34.0 Å². The van der Waals surface area contributed by atoms with Crippen molar-refractivity contribution >= 4 is 66.3 Å². The van der Waals surface area contributed by atoms with E-state index in [9.17, 15) is 9.59 Å². The second-order valence-corrected chi connectivity index (χ2v) is 8.67. The summed E-state index contributed by atoms with van der Waals surface area (Å²) in [5.74, 6) is 0. The lowest BCUT2D eigenvalue weighted by molar-refractivity contribution is 1.21. The zero-order valence-corrected chi connectivity index (χ0v) is 15.8. The zero-order valence-electron chi connectivity index (χ0n) is 13.4. The number of thiophene rings is 2. The van der Waals surface area contributed by atoms with Crippen molar-refractivity contribution in [2.24, 2.45) is 0 Å². The van der Waals surface area contributed by atoms with Crippen molar-refractivity contribution in [3.63, 3.8) is 0 Å². The van der Waals surface area contributed by atoms with Gasteiger partial charge in [0.2, 0.25) is 0 Å². The first-order valence-electron chi connectivity index (χ1n) is 7.95. The third kappa shape index (κ3) is 2.08. The number of nitrogens with zero attached hydrogens (tertiary/aromatic N) is 1. The van der Waals surface area contributed by atoms with Gasteiger partial charge >= 0.3 is 11.4 Å². The van der Waals surface area contributed by atoms with Gasteiger partial charge in [0.05, 0.1) is 47.5 Å². The number of thiazole rings is 1. The van der Waals surface area contributed by atoms with E-state index in [1.54, 1.807) is 34.0 Å². The summed E-state index contributed by atoms with van der Waals surface area (Å²) < 4.78 is 1.05. The van der Waals surface area contributed by atoms with Crippen LogP contribution in [0.4, 0.5) is 0 Å². The molecular formula is C17H9N5O2S3. The van der Waals surface area contributed by atoms with Gasteiger partial charge in [0.15, 0.2) is 0 Å². The summed E-state index contributed by atoms with van der Waals surface area (Å²) in [4.78, 5) is 41.2. The average molecular weight is 411 g/mol. The summed E-state index contributed by atoms with van der Waals surface area (Å²) >= 11 is 4.73. The molecule has 1 aromatic carbocycles. The first kappa shape index (κ1) is 15.1. The molecule has 132 valence electrons. The monoisotopic (exact) mass is 411 g/mol. The Morgan fingerprint density at radius 1 is 0.741 bits per heavy atom. The molecule has 4 N–H and O–H groups in total. The van der Waals surface area contributed by atoms with Crippen LogP contribution in [-0.2, 0) is 0 Å². The summed E-state index contributed by atoms with van der Waals surface area (Å²) in [7, 11) is 0. The number of aromatic nitrogens is 5. The quantitative estimate of drug-likeness (QED) is 0.344. The van der Waals surface area contributed by atoms with Crippen molar-refractivity contribution in [2.45, 2.75) is 0 Å². The Morgan fingerprint density at radius 2 is 1.33 bits per heavy atom. The second-order valence-electron chi connectivity index (χ2n) is 6.06. The van der Waals surface area contributed by atoms with Crippen molar-refractivity contribution in [1.82, 2.24) is 24.9 Å². The lowest BCUT2D eigenvalue weighted by Crippen LogP contribution is -1.99. The number of rotatable bonds is 2. The Morgan fingerprint density at radius 3 is 2.00 bits per heavy atom. The fourth-order valence-corrected chi connectivity index (χ4v) is 6.26. The van der Waals surface area contributed by atoms with Gasteiger partial charge in [-0.3, -0.25) is 0 Å². The molecule has 0 aliphatic heterocycles. The number of nitrogens with one attached hydrogen (secondary N) is 4. The van der Waals surface area contributed by atoms with Crippen LogP contribution in [0.1, 0.15) is 0 Å². The number of hydrogen-bond donors (Lipinski definition) is 4. The lowest BCUT2D eigenvalue weighted by Gasteiger charge is -2.05. The van der Waals surface area contributed by atoms with Crippen molar-refractivity contribution in [1.29, 1.82) is 0 Å². The van der Waals surface area contributed by atoms with Crippen LogP contribution in [0.15, 0.2) is 38.0 Å². The molecule has 6 rings (SSSR count). The standard InChI is InChI=1S/C17H9N5O2S3/c23-16-19-8-3-25-13(11(8)21-16)6-1-2-7(14-10(6)18-5-27-14)15-12-9(4-26-15)20-17(24)22-12/h1-5H,(H2,19,21,23)(H2,20,22,24). The van der Waals surface area contributed by atoms with Gasteiger partial charge in [0.1, 0.15) is 0 Å². The Hall–Kier alpha value is -2.95. The fourth-order valence-electron chi connectivity index (χ4n) is 3.39. The van der Waals surface area contributed by atoms with Gasteiger partial charge in [-0.05, 0) is 0 Å². The molecule has 5 heterocycles. The third-order valence-electron chi connectivity index (χ3n) is 4.53. The van der Waals surface area contributed by atoms with E-state index in [-0.39, 0.29) is 11.4 Å². The second kappa shape index (κ2) is 5.28. The van der Waals surface area contributed by atoms with E-state index in [0.29, 0.717) is 0 Å². The Labute approximate surface area is 161 Å². The molecule has 5 aromatic heterocycles. The first-order chi connectivity index (χ1) is 13.2. The third-order valence-corrected chi connectivity index (χ3v) is 7.41. The maximum Gasteiger partial charge on any atom is 0.323 e. The van der Waals surface area contributed by atoms with Crippen LogP contribution in [-0.4, -0.2) is 24.9 Å². The predicted molar refractivity (Wildman–Crippen MR) is 111 cm³/mol. The van der Waals surface area contributed by atoms with E-state index < -0.39 is 0 Å². The summed E-state index contributed by atoms with van der Waals surface area (Å²) in [6.07, 6.45) is 0. The van der Waals surface area contributed by atoms with Crippen molar-refractivity contribution in [3.05, 3.63) is 49.4 Å². The van der Waals surface area contributed by atoms with Gasteiger partial charge in [0, 0.05) is 21.9 Å². The smallest absolute Gasteiger partial charge is 0.305 e. The van der Waals surface area contributed by atoms with E-state index in [0.717, 1.165) is 53.2 Å². The molecule has 0 radical (unpaired) electrons. The van der Waals surface area contributed by atoms with E-state index in [4.69, 9.17) is 0 Å². The van der Waals surface area contributed by atoms with E-state index in [1.807, 2.05) is 22.3 Å². The van der Waals surface area contributed by atoms with Gasteiger partial charge in [-0.1, -0.05) is 12.1 Å². The maximum absolute atomic E-state index is 11.6. The summed E-state index contributed by atoms with van der Waals surface area (Å²) in [6, 6.07) is 4.09. The Kier molecular flexibility index (Phi) is 2.96. The molecule has 0 fully saturated rings. The van der Waals surface area contributed by atoms with Crippen LogP contribution in [0.3, 0.4) is 0 Å². The molecule has 0 unspecified atom stereocenters. The van der Waals surface area contributed by atoms with Crippen LogP contribution < -0.4 is 11.4 Å². The molecule has 0 bridgehead atoms. The molecule has 0 atom stereocenters. The van der Waals surface area contributed by atoms with Gasteiger partial charge in [-0.25, -0.2) is 14.6 Å². The molecule has 0 spiro atoms. The van der Waals surface area contributed by atoms with Crippen LogP contribution in [0, 0.1) is 0 Å². The molecule has 7 nitrogen and oxygen atoms in total. The van der Waals surface area contributed by atoms with Gasteiger partial charge in [-0.2, -0.15) is 0 Å². The zero-order chi connectivity index (χ0) is 18.1. The molecule has 10 heteroatoms. The number of imidazole rings is 2. The number of fused-ring (bicyclic) bond motifs is 3. The minimum atomic E-state index is -0.211. The maximum atomic E-state index is 11.6. The van der Waals surface area contributed by atoms with Crippen molar-refractivity contribution < 1.29 is 0 Å². The summed E-state index contributed by atoms with van der Waals surface area (Å²) in [5.41, 5.74) is 7.57. The first-order valence-corrected chi connectivity index (χ1v) is 10.6. The Bertz CT molecular complexity index is 1470. The van der Waals surface area contributed by atoms with E-state index in [2.05, 4.69) is 31.0 Å². The summed E-state index contributed by atoms with van der Waals surface area (Å²) in [5, 5.41) is 3.87. The van der Waals surface area contributed by atoms with Crippen LogP contribution in [0.5, 0.6) is 0 Å². The largest absolute Gasteiger partial charge is 0.323 e. The fraction of sp³-hybridized carbons (Fsp3) is 0. The van der Waals surface area contributed by atoms with Crippen LogP contribution >= 0.6 is 34.0 Å². The lowest BCUT2D eigenvalue weighted by atomic mass is 10.1. The minimum absolute atomic E-state index is 0.205. The molecule has 6 aromatic rings. The highest BCUT2D eigenvalue weighted by Crippen LogP contribution is 2.43. The molecule has 0 saturated carbocycles. The van der Waals surface area contributed by atoms with Crippen molar-refractivity contribution in [2.75, 3.05) is 0 Å². The summed E-state index contributed by atoms with van der Waals surface area (Å²) in [6.45, 7) is 0. The Balaban J connectivity index is 1.64. The molecule has 0 aliphatic rings. The normalized spacial score (nSPS) is 12.0. The number of H-pyrrole nitrogens is 4. The van der Waals surface area contributed by atoms with Crippen molar-refractivity contribution in [3.8, 4) is 20.9 Å². The van der Waals surface area contributed by atoms with E-state index in [1.165, 1.54) is 0 Å². The van der Waals surface area contributed by atoms with Gasteiger partial charge < -0.3 is 19.9 Å². The highest BCUT2D eigenvalue weighted by atomic mass is 32.1. The number of hydrogen-bond acceptors (Lipinski definition) is 6. The predicted octanol–water partition coefficient (Wildman–Crippen LogP) is 4.09. The highest BCUT2D eigenvalue weighted by molar-refractivity contribution is 7.19. The van der Waals surface area contributed by atoms with Crippen LogP contribution in [0.2, 0.25) is 0 Å². The van der Waals surface area contributed by atoms with Crippen LogP contribution in [0.25, 0.3) is 53.2 Å². The molecule has 0 aliphatic carbocycles. The molecule has 27 heavy (non-hydrogen) atoms. The SMILES string of the molecule is O=c1[nH]c2csc(-c3ccc(-c4scc5[nH]c(=O)[nH]c45)c4scnc34)c2[nH]1. The molecular weight excluding hydrogens is 402 g/mol.